The molecule has 0 bridgehead atoms. The summed E-state index contributed by atoms with van der Waals surface area (Å²) in [6, 6.07) is 20.2. The van der Waals surface area contributed by atoms with E-state index in [0.717, 1.165) is 36.8 Å². The number of guanidine groups is 1. The van der Waals surface area contributed by atoms with Gasteiger partial charge < -0.3 is 15.4 Å². The van der Waals surface area contributed by atoms with Gasteiger partial charge in [-0.25, -0.2) is 0 Å². The van der Waals surface area contributed by atoms with Gasteiger partial charge in [0.1, 0.15) is 12.4 Å². The van der Waals surface area contributed by atoms with Crippen LogP contribution in [0.1, 0.15) is 17.5 Å². The van der Waals surface area contributed by atoms with Crippen LogP contribution in [0.15, 0.2) is 78.0 Å². The molecule has 0 unspecified atom stereocenters. The SMILES string of the molecule is CN=C(NCCCn1cccn1)NCc1cccc(COc2ccccc2)c1. The molecule has 3 rings (SSSR count). The third-order valence-electron chi connectivity index (χ3n) is 4.24. The first-order chi connectivity index (χ1) is 13.8. The summed E-state index contributed by atoms with van der Waals surface area (Å²) in [5.41, 5.74) is 2.33. The lowest BCUT2D eigenvalue weighted by atomic mass is 10.1. The Morgan fingerprint density at radius 2 is 1.89 bits per heavy atom. The van der Waals surface area contributed by atoms with Gasteiger partial charge in [-0.15, -0.1) is 0 Å². The lowest BCUT2D eigenvalue weighted by molar-refractivity contribution is 0.306. The van der Waals surface area contributed by atoms with Crippen molar-refractivity contribution >= 4 is 5.96 Å². The Hall–Kier alpha value is -3.28. The summed E-state index contributed by atoms with van der Waals surface area (Å²) in [5, 5.41) is 10.9. The van der Waals surface area contributed by atoms with E-state index in [1.54, 1.807) is 13.2 Å². The number of aryl methyl sites for hydroxylation is 1. The minimum Gasteiger partial charge on any atom is -0.489 e. The molecule has 2 aromatic carbocycles. The Bertz CT molecular complexity index is 846. The number of aromatic nitrogens is 2. The molecule has 0 amide bonds. The summed E-state index contributed by atoms with van der Waals surface area (Å²) in [6.07, 6.45) is 4.75. The van der Waals surface area contributed by atoms with E-state index in [4.69, 9.17) is 4.74 Å². The van der Waals surface area contributed by atoms with Gasteiger partial charge in [0.2, 0.25) is 0 Å². The quantitative estimate of drug-likeness (QED) is 0.341. The molecule has 1 aromatic heterocycles. The van der Waals surface area contributed by atoms with Crippen LogP contribution in [0.2, 0.25) is 0 Å². The van der Waals surface area contributed by atoms with Crippen molar-refractivity contribution in [2.45, 2.75) is 26.1 Å². The van der Waals surface area contributed by atoms with Gasteiger partial charge in [0.05, 0.1) is 0 Å². The van der Waals surface area contributed by atoms with Crippen molar-refractivity contribution in [2.24, 2.45) is 4.99 Å². The van der Waals surface area contributed by atoms with Gasteiger partial charge in [-0.1, -0.05) is 42.5 Å². The van der Waals surface area contributed by atoms with Crippen LogP contribution in [-0.4, -0.2) is 29.3 Å². The number of benzene rings is 2. The highest BCUT2D eigenvalue weighted by atomic mass is 16.5. The number of nitrogens with zero attached hydrogens (tertiary/aromatic N) is 3. The Kier molecular flexibility index (Phi) is 7.49. The average molecular weight is 377 g/mol. The maximum Gasteiger partial charge on any atom is 0.191 e. The lowest BCUT2D eigenvalue weighted by Gasteiger charge is -2.13. The van der Waals surface area contributed by atoms with E-state index in [1.807, 2.05) is 47.3 Å². The van der Waals surface area contributed by atoms with Gasteiger partial charge in [-0.05, 0) is 35.7 Å². The van der Waals surface area contributed by atoms with E-state index in [1.165, 1.54) is 5.56 Å². The first kappa shape index (κ1) is 19.5. The smallest absolute Gasteiger partial charge is 0.191 e. The molecule has 0 aliphatic carbocycles. The zero-order valence-electron chi connectivity index (χ0n) is 16.2. The van der Waals surface area contributed by atoms with Crippen LogP contribution in [0.3, 0.4) is 0 Å². The van der Waals surface area contributed by atoms with Gasteiger partial charge in [0, 0.05) is 39.1 Å². The third-order valence-corrected chi connectivity index (χ3v) is 4.24. The third kappa shape index (κ3) is 6.46. The molecule has 0 aliphatic heterocycles. The molecule has 146 valence electrons. The van der Waals surface area contributed by atoms with E-state index in [-0.39, 0.29) is 0 Å². The van der Waals surface area contributed by atoms with Crippen LogP contribution in [0.4, 0.5) is 0 Å². The molecular weight excluding hydrogens is 350 g/mol. The number of rotatable bonds is 9. The van der Waals surface area contributed by atoms with Gasteiger partial charge in [-0.2, -0.15) is 5.10 Å². The minimum atomic E-state index is 0.554. The summed E-state index contributed by atoms with van der Waals surface area (Å²) in [4.78, 5) is 4.28. The molecule has 6 nitrogen and oxygen atoms in total. The first-order valence-corrected chi connectivity index (χ1v) is 9.51. The molecule has 3 aromatic rings. The number of ether oxygens (including phenoxy) is 1. The summed E-state index contributed by atoms with van der Waals surface area (Å²) < 4.78 is 7.76. The highest BCUT2D eigenvalue weighted by Crippen LogP contribution is 2.12. The van der Waals surface area contributed by atoms with Gasteiger partial charge in [-0.3, -0.25) is 9.67 Å². The van der Waals surface area contributed by atoms with E-state index in [0.29, 0.717) is 13.2 Å². The number of para-hydroxylation sites is 1. The van der Waals surface area contributed by atoms with Gasteiger partial charge in [0.15, 0.2) is 5.96 Å². The molecule has 0 saturated carbocycles. The van der Waals surface area contributed by atoms with Crippen LogP contribution in [0.25, 0.3) is 0 Å². The maximum atomic E-state index is 5.83. The van der Waals surface area contributed by atoms with E-state index in [9.17, 15) is 0 Å². The van der Waals surface area contributed by atoms with Crippen molar-refractivity contribution in [1.82, 2.24) is 20.4 Å². The number of nitrogens with one attached hydrogen (secondary N) is 2. The Balaban J connectivity index is 1.41. The van der Waals surface area contributed by atoms with Crippen molar-refractivity contribution in [2.75, 3.05) is 13.6 Å². The molecule has 0 saturated heterocycles. The molecule has 0 aliphatic rings. The average Bonchev–Trinajstić information content (AvgIpc) is 3.26. The fourth-order valence-electron chi connectivity index (χ4n) is 2.80. The highest BCUT2D eigenvalue weighted by molar-refractivity contribution is 5.79. The monoisotopic (exact) mass is 377 g/mol. The van der Waals surface area contributed by atoms with Crippen molar-refractivity contribution in [3.8, 4) is 5.75 Å². The van der Waals surface area contributed by atoms with Crippen molar-refractivity contribution in [1.29, 1.82) is 0 Å². The zero-order valence-corrected chi connectivity index (χ0v) is 16.2. The molecule has 0 fully saturated rings. The normalized spacial score (nSPS) is 11.2. The predicted octanol–water partition coefficient (Wildman–Crippen LogP) is 3.22. The van der Waals surface area contributed by atoms with Gasteiger partial charge in [0.25, 0.3) is 0 Å². The highest BCUT2D eigenvalue weighted by Gasteiger charge is 2.01. The molecule has 0 atom stereocenters. The largest absolute Gasteiger partial charge is 0.489 e. The number of aliphatic imine (C=N–C) groups is 1. The van der Waals surface area contributed by atoms with Crippen LogP contribution in [-0.2, 0) is 19.7 Å². The standard InChI is InChI=1S/C22H27N5O/c1-23-22(24-12-6-14-27-15-7-13-26-27)25-17-19-8-5-9-20(16-19)18-28-21-10-3-2-4-11-21/h2-5,7-11,13,15-16H,6,12,14,17-18H2,1H3,(H2,23,24,25). The second-order valence-corrected chi connectivity index (χ2v) is 6.40. The van der Waals surface area contributed by atoms with Crippen molar-refractivity contribution in [3.05, 3.63) is 84.2 Å². The molecule has 0 radical (unpaired) electrons. The Morgan fingerprint density at radius 1 is 1.04 bits per heavy atom. The number of hydrogen-bond acceptors (Lipinski definition) is 3. The topological polar surface area (TPSA) is 63.5 Å². The summed E-state index contributed by atoms with van der Waals surface area (Å²) in [6.45, 7) is 2.99. The predicted molar refractivity (Wildman–Crippen MR) is 112 cm³/mol. The van der Waals surface area contributed by atoms with Crippen molar-refractivity contribution in [3.63, 3.8) is 0 Å². The lowest BCUT2D eigenvalue weighted by Crippen LogP contribution is -2.37. The summed E-state index contributed by atoms with van der Waals surface area (Å²) >= 11 is 0. The second-order valence-electron chi connectivity index (χ2n) is 6.40. The van der Waals surface area contributed by atoms with Crippen molar-refractivity contribution < 1.29 is 4.74 Å². The molecule has 2 N–H and O–H groups in total. The van der Waals surface area contributed by atoms with Crippen LogP contribution in [0, 0.1) is 0 Å². The molecular formula is C22H27N5O. The van der Waals surface area contributed by atoms with Crippen LogP contribution < -0.4 is 15.4 Å². The summed E-state index contributed by atoms with van der Waals surface area (Å²) in [5.74, 6) is 1.68. The first-order valence-electron chi connectivity index (χ1n) is 9.51. The molecule has 0 spiro atoms. The molecule has 28 heavy (non-hydrogen) atoms. The number of hydrogen-bond donors (Lipinski definition) is 2. The maximum absolute atomic E-state index is 5.83. The molecule has 1 heterocycles. The Labute approximate surface area is 166 Å². The van der Waals surface area contributed by atoms with E-state index >= 15 is 0 Å². The van der Waals surface area contributed by atoms with E-state index in [2.05, 4.69) is 45.0 Å². The Morgan fingerprint density at radius 3 is 2.68 bits per heavy atom. The summed E-state index contributed by atoms with van der Waals surface area (Å²) in [7, 11) is 1.78. The van der Waals surface area contributed by atoms with Crippen LogP contribution >= 0.6 is 0 Å². The fraction of sp³-hybridized carbons (Fsp3) is 0.273. The molecule has 6 heteroatoms. The second kappa shape index (κ2) is 10.8. The van der Waals surface area contributed by atoms with Gasteiger partial charge >= 0.3 is 0 Å². The minimum absolute atomic E-state index is 0.554. The fourth-order valence-corrected chi connectivity index (χ4v) is 2.80. The van der Waals surface area contributed by atoms with Crippen LogP contribution in [0.5, 0.6) is 5.75 Å². The zero-order chi connectivity index (χ0) is 19.4. The van der Waals surface area contributed by atoms with E-state index < -0.39 is 0 Å².